The van der Waals surface area contributed by atoms with Gasteiger partial charge in [-0.2, -0.15) is 0 Å². The highest BCUT2D eigenvalue weighted by Gasteiger charge is 2.05. The van der Waals surface area contributed by atoms with E-state index in [1.54, 1.807) is 0 Å². The molecule has 1 aromatic carbocycles. The molecule has 1 N–H and O–H groups in total. The van der Waals surface area contributed by atoms with Crippen LogP contribution < -0.4 is 0 Å². The molecule has 0 saturated carbocycles. The maximum Gasteiger partial charge on any atom is 0.0580 e. The molecule has 96 valence electrons. The van der Waals surface area contributed by atoms with E-state index in [1.165, 1.54) is 36.8 Å². The van der Waals surface area contributed by atoms with Crippen LogP contribution in [0.3, 0.4) is 0 Å². The van der Waals surface area contributed by atoms with Crippen molar-refractivity contribution in [2.75, 3.05) is 0 Å². The Hall–Kier alpha value is -0.820. The van der Waals surface area contributed by atoms with Gasteiger partial charge in [0.25, 0.3) is 0 Å². The van der Waals surface area contributed by atoms with Crippen LogP contribution in [0.2, 0.25) is 0 Å². The van der Waals surface area contributed by atoms with Gasteiger partial charge in [-0.25, -0.2) is 0 Å². The number of unbranched alkanes of at least 4 members (excludes halogenated alkanes) is 4. The van der Waals surface area contributed by atoms with Crippen LogP contribution in [-0.2, 0) is 6.42 Å². The lowest BCUT2D eigenvalue weighted by molar-refractivity contribution is 0.161. The molecule has 0 aliphatic heterocycles. The molecule has 1 atom stereocenters. The Kier molecular flexibility index (Phi) is 6.95. The lowest BCUT2D eigenvalue weighted by Crippen LogP contribution is -2.10. The first kappa shape index (κ1) is 14.2. The molecule has 0 aliphatic carbocycles. The normalized spacial score (nSPS) is 12.6. The summed E-state index contributed by atoms with van der Waals surface area (Å²) in [5.41, 5.74) is 2.53. The Morgan fingerprint density at radius 1 is 1.00 bits per heavy atom. The minimum absolute atomic E-state index is 0.167. The van der Waals surface area contributed by atoms with Crippen molar-refractivity contribution < 1.29 is 5.11 Å². The summed E-state index contributed by atoms with van der Waals surface area (Å²) < 4.78 is 0. The van der Waals surface area contributed by atoms with Crippen molar-refractivity contribution in [1.29, 1.82) is 0 Å². The monoisotopic (exact) mass is 234 g/mol. The van der Waals surface area contributed by atoms with Gasteiger partial charge < -0.3 is 5.11 Å². The lowest BCUT2D eigenvalue weighted by atomic mass is 10.0. The van der Waals surface area contributed by atoms with E-state index in [-0.39, 0.29) is 6.10 Å². The number of aliphatic hydroxyl groups excluding tert-OH is 1. The van der Waals surface area contributed by atoms with Crippen LogP contribution in [0.1, 0.15) is 56.6 Å². The summed E-state index contributed by atoms with van der Waals surface area (Å²) in [5, 5.41) is 9.93. The summed E-state index contributed by atoms with van der Waals surface area (Å²) in [6.45, 7) is 4.32. The van der Waals surface area contributed by atoms with Crippen LogP contribution in [0.15, 0.2) is 24.3 Å². The first-order valence-corrected chi connectivity index (χ1v) is 6.96. The number of benzene rings is 1. The molecule has 0 radical (unpaired) electrons. The molecule has 1 nitrogen and oxygen atoms in total. The van der Waals surface area contributed by atoms with Gasteiger partial charge in [-0.1, -0.05) is 68.9 Å². The second-order valence-corrected chi connectivity index (χ2v) is 5.05. The van der Waals surface area contributed by atoms with Crippen molar-refractivity contribution in [1.82, 2.24) is 0 Å². The van der Waals surface area contributed by atoms with E-state index in [2.05, 4.69) is 38.1 Å². The van der Waals surface area contributed by atoms with Gasteiger partial charge in [0, 0.05) is 0 Å². The van der Waals surface area contributed by atoms with E-state index in [0.717, 1.165) is 19.3 Å². The number of rotatable bonds is 8. The Balaban J connectivity index is 2.16. The first-order chi connectivity index (χ1) is 8.22. The summed E-state index contributed by atoms with van der Waals surface area (Å²) in [5.74, 6) is 0. The van der Waals surface area contributed by atoms with Crippen LogP contribution in [-0.4, -0.2) is 11.2 Å². The van der Waals surface area contributed by atoms with Gasteiger partial charge in [-0.3, -0.25) is 0 Å². The highest BCUT2D eigenvalue weighted by Crippen LogP contribution is 2.12. The second-order valence-electron chi connectivity index (χ2n) is 5.05. The van der Waals surface area contributed by atoms with E-state index < -0.39 is 0 Å². The lowest BCUT2D eigenvalue weighted by Gasteiger charge is -2.10. The van der Waals surface area contributed by atoms with Crippen molar-refractivity contribution in [2.45, 2.75) is 64.9 Å². The topological polar surface area (TPSA) is 20.2 Å². The number of aryl methyl sites for hydroxylation is 1. The molecule has 1 heteroatoms. The maximum atomic E-state index is 9.93. The smallest absolute Gasteiger partial charge is 0.0580 e. The number of aliphatic hydroxyl groups is 1. The van der Waals surface area contributed by atoms with E-state index in [9.17, 15) is 5.11 Å². The number of hydrogen-bond acceptors (Lipinski definition) is 1. The summed E-state index contributed by atoms with van der Waals surface area (Å²) >= 11 is 0. The van der Waals surface area contributed by atoms with Crippen molar-refractivity contribution in [2.24, 2.45) is 0 Å². The predicted octanol–water partition coefficient (Wildman–Crippen LogP) is 4.26. The van der Waals surface area contributed by atoms with E-state index in [0.29, 0.717) is 0 Å². The van der Waals surface area contributed by atoms with Gasteiger partial charge in [0.05, 0.1) is 6.10 Å². The minimum Gasteiger partial charge on any atom is -0.393 e. The predicted molar refractivity (Wildman–Crippen MR) is 74.3 cm³/mol. The van der Waals surface area contributed by atoms with Crippen molar-refractivity contribution in [3.8, 4) is 0 Å². The summed E-state index contributed by atoms with van der Waals surface area (Å²) in [6, 6.07) is 8.47. The minimum atomic E-state index is -0.167. The van der Waals surface area contributed by atoms with Crippen LogP contribution >= 0.6 is 0 Å². The Labute approximate surface area is 106 Å². The molecule has 0 aromatic heterocycles. The SMILES string of the molecule is CCCCCCCC(O)Cc1ccc(C)cc1. The van der Waals surface area contributed by atoms with Crippen LogP contribution in [0.5, 0.6) is 0 Å². The fraction of sp³-hybridized carbons (Fsp3) is 0.625. The summed E-state index contributed by atoms with van der Waals surface area (Å²) in [7, 11) is 0. The van der Waals surface area contributed by atoms with Gasteiger partial charge in [0.15, 0.2) is 0 Å². The van der Waals surface area contributed by atoms with Crippen molar-refractivity contribution >= 4 is 0 Å². The van der Waals surface area contributed by atoms with Gasteiger partial charge in [-0.15, -0.1) is 0 Å². The zero-order chi connectivity index (χ0) is 12.5. The Morgan fingerprint density at radius 3 is 2.29 bits per heavy atom. The van der Waals surface area contributed by atoms with Crippen LogP contribution in [0.25, 0.3) is 0 Å². The van der Waals surface area contributed by atoms with Gasteiger partial charge in [-0.05, 0) is 25.3 Å². The molecule has 1 unspecified atom stereocenters. The first-order valence-electron chi connectivity index (χ1n) is 6.96. The third kappa shape index (κ3) is 6.48. The van der Waals surface area contributed by atoms with Gasteiger partial charge in [0.2, 0.25) is 0 Å². The number of hydrogen-bond donors (Lipinski definition) is 1. The van der Waals surface area contributed by atoms with Gasteiger partial charge >= 0.3 is 0 Å². The van der Waals surface area contributed by atoms with Crippen molar-refractivity contribution in [3.05, 3.63) is 35.4 Å². The zero-order valence-electron chi connectivity index (χ0n) is 11.3. The Bertz CT molecular complexity index is 289. The molecule has 17 heavy (non-hydrogen) atoms. The third-order valence-electron chi connectivity index (χ3n) is 3.23. The van der Waals surface area contributed by atoms with E-state index in [1.807, 2.05) is 0 Å². The molecule has 1 aromatic rings. The van der Waals surface area contributed by atoms with E-state index >= 15 is 0 Å². The standard InChI is InChI=1S/C16H26O/c1-3-4-5-6-7-8-16(17)13-15-11-9-14(2)10-12-15/h9-12,16-17H,3-8,13H2,1-2H3. The fourth-order valence-corrected chi connectivity index (χ4v) is 2.08. The summed E-state index contributed by atoms with van der Waals surface area (Å²) in [6.07, 6.45) is 7.92. The molecule has 0 spiro atoms. The molecule has 1 rings (SSSR count). The molecule has 0 saturated heterocycles. The molecule has 0 heterocycles. The third-order valence-corrected chi connectivity index (χ3v) is 3.23. The average Bonchev–Trinajstić information content (AvgIpc) is 2.32. The van der Waals surface area contributed by atoms with Crippen LogP contribution in [0, 0.1) is 6.92 Å². The molecule has 0 bridgehead atoms. The molecule has 0 aliphatic rings. The van der Waals surface area contributed by atoms with Gasteiger partial charge in [0.1, 0.15) is 0 Å². The largest absolute Gasteiger partial charge is 0.393 e. The average molecular weight is 234 g/mol. The highest BCUT2D eigenvalue weighted by atomic mass is 16.3. The quantitative estimate of drug-likeness (QED) is 0.666. The molecular weight excluding hydrogens is 208 g/mol. The Morgan fingerprint density at radius 2 is 1.65 bits per heavy atom. The van der Waals surface area contributed by atoms with Crippen molar-refractivity contribution in [3.63, 3.8) is 0 Å². The fourth-order valence-electron chi connectivity index (χ4n) is 2.08. The summed E-state index contributed by atoms with van der Waals surface area (Å²) in [4.78, 5) is 0. The molecular formula is C16H26O. The van der Waals surface area contributed by atoms with Crippen LogP contribution in [0.4, 0.5) is 0 Å². The zero-order valence-corrected chi connectivity index (χ0v) is 11.3. The maximum absolute atomic E-state index is 9.93. The second kappa shape index (κ2) is 8.30. The highest BCUT2D eigenvalue weighted by molar-refractivity contribution is 5.21. The molecule has 0 fully saturated rings. The molecule has 0 amide bonds. The van der Waals surface area contributed by atoms with E-state index in [4.69, 9.17) is 0 Å².